The molecule has 4 heteroatoms. The standard InChI is InChI=1S/C61H59N3O/c1-38(2)44-29-30-53(50(34-44)42-23-16-12-17-24-42)64-54-28-20-27-49(57(54)63-59(64)51-35-48(60(5,6)7)36-52(58(51)65)61(8,9)10)46-31-45(41-21-14-11-15-22-41)32-47(33-46)56-40(4)55(39(3)37-62-56)43-25-18-13-19-26-43/h11-38,65H,1-10H3/i3D3,4D3,13D,18D,19D,25D,26D,38D. The number of aromatic hydroxyl groups is 1. The number of para-hydroxylation sites is 1. The zero-order valence-electron chi connectivity index (χ0n) is 50.0. The van der Waals surface area contributed by atoms with Crippen molar-refractivity contribution >= 4 is 11.0 Å². The number of aryl methyl sites for hydroxylation is 1. The van der Waals surface area contributed by atoms with Gasteiger partial charge >= 0.3 is 0 Å². The van der Waals surface area contributed by atoms with E-state index in [1.807, 2.05) is 128 Å². The van der Waals surface area contributed by atoms with E-state index in [1.54, 1.807) is 12.1 Å². The van der Waals surface area contributed by atoms with Crippen LogP contribution in [0.3, 0.4) is 0 Å². The molecule has 9 aromatic rings. The molecule has 1 N–H and O–H groups in total. The van der Waals surface area contributed by atoms with Crippen LogP contribution in [0.5, 0.6) is 5.75 Å². The Hall–Kier alpha value is -7.04. The monoisotopic (exact) mass is 862 g/mol. The molecule has 4 nitrogen and oxygen atoms in total. The normalized spacial score (nSPS) is 15.3. The third-order valence-corrected chi connectivity index (χ3v) is 12.1. The fraction of sp³-hybridized carbons (Fsp3) is 0.213. The summed E-state index contributed by atoms with van der Waals surface area (Å²) in [7, 11) is 0. The zero-order chi connectivity index (χ0) is 56.1. The van der Waals surface area contributed by atoms with E-state index in [2.05, 4.69) is 52.6 Å². The summed E-state index contributed by atoms with van der Waals surface area (Å²) in [4.78, 5) is 10.2. The van der Waals surface area contributed by atoms with E-state index in [0.29, 0.717) is 39.1 Å². The first-order valence-corrected chi connectivity index (χ1v) is 21.8. The highest BCUT2D eigenvalue weighted by Crippen LogP contribution is 2.46. The maximum absolute atomic E-state index is 12.6. The molecule has 0 aliphatic heterocycles. The van der Waals surface area contributed by atoms with Gasteiger partial charge in [-0.15, -0.1) is 0 Å². The van der Waals surface area contributed by atoms with E-state index in [9.17, 15) is 5.11 Å². The van der Waals surface area contributed by atoms with Crippen LogP contribution in [0.1, 0.15) is 106 Å². The number of fused-ring (bicyclic) bond motifs is 1. The van der Waals surface area contributed by atoms with Gasteiger partial charge < -0.3 is 5.11 Å². The number of aromatic nitrogens is 3. The maximum Gasteiger partial charge on any atom is 0.149 e. The lowest BCUT2D eigenvalue weighted by molar-refractivity contribution is 0.446. The van der Waals surface area contributed by atoms with Crippen molar-refractivity contribution < 1.29 is 21.6 Å². The number of nitrogens with zero attached hydrogens (tertiary/aromatic N) is 3. The second-order valence-electron chi connectivity index (χ2n) is 18.9. The summed E-state index contributed by atoms with van der Waals surface area (Å²) in [5.41, 5.74) is 6.10. The molecular weight excluding hydrogens is 791 g/mol. The first-order chi connectivity index (χ1) is 35.9. The Labute approximate surface area is 402 Å². The fourth-order valence-corrected chi connectivity index (χ4v) is 8.54. The molecule has 0 radical (unpaired) electrons. The minimum absolute atomic E-state index is 0.0702. The quantitative estimate of drug-likeness (QED) is 0.166. The fourth-order valence-electron chi connectivity index (χ4n) is 8.54. The predicted octanol–water partition coefficient (Wildman–Crippen LogP) is 16.5. The van der Waals surface area contributed by atoms with Crippen LogP contribution in [-0.4, -0.2) is 19.6 Å². The highest BCUT2D eigenvalue weighted by atomic mass is 16.3. The molecule has 7 aromatic carbocycles. The molecule has 2 aromatic heterocycles. The number of benzene rings is 7. The molecule has 0 aliphatic rings. The van der Waals surface area contributed by atoms with Crippen molar-refractivity contribution in [1.82, 2.24) is 14.5 Å². The van der Waals surface area contributed by atoms with Crippen molar-refractivity contribution in [2.24, 2.45) is 0 Å². The third-order valence-electron chi connectivity index (χ3n) is 12.1. The van der Waals surface area contributed by atoms with Gasteiger partial charge in [0.15, 0.2) is 0 Å². The average molecular weight is 862 g/mol. The lowest BCUT2D eigenvalue weighted by atomic mass is 9.79. The molecule has 0 bridgehead atoms. The van der Waals surface area contributed by atoms with E-state index in [4.69, 9.17) is 21.4 Å². The SMILES string of the molecule is [2H]c1c([2H])c([2H])c(-c2c(C([2H])([2H])[2H])cnc(-c3cc(-c4ccccc4)cc(-c4cccc5c4nc(-c4cc(C(C)(C)C)cc(C(C)(C)C)c4O)n5-c4ccc(C([2H])(C)C)cc4-c4ccccc4)c3)c2C([2H])([2H])[2H])c([2H])c1[2H]. The van der Waals surface area contributed by atoms with Crippen LogP contribution in [0.15, 0.2) is 164 Å². The molecule has 2 heterocycles. The molecule has 0 saturated heterocycles. The minimum Gasteiger partial charge on any atom is -0.507 e. The van der Waals surface area contributed by atoms with Gasteiger partial charge in [0.2, 0.25) is 0 Å². The van der Waals surface area contributed by atoms with Gasteiger partial charge in [-0.1, -0.05) is 171 Å². The highest BCUT2D eigenvalue weighted by Gasteiger charge is 2.29. The average Bonchev–Trinajstić information content (AvgIpc) is 3.75. The van der Waals surface area contributed by atoms with Crippen LogP contribution < -0.4 is 0 Å². The van der Waals surface area contributed by atoms with Gasteiger partial charge in [-0.25, -0.2) is 4.98 Å². The van der Waals surface area contributed by atoms with Gasteiger partial charge in [-0.05, 0) is 129 Å². The second-order valence-corrected chi connectivity index (χ2v) is 18.9. The van der Waals surface area contributed by atoms with Crippen LogP contribution in [0.4, 0.5) is 0 Å². The number of phenols is 1. The van der Waals surface area contributed by atoms with E-state index in [1.165, 1.54) is 0 Å². The van der Waals surface area contributed by atoms with Gasteiger partial charge in [0, 0.05) is 38.0 Å². The summed E-state index contributed by atoms with van der Waals surface area (Å²) < 4.78 is 107. The first-order valence-electron chi connectivity index (χ1n) is 27.8. The molecule has 0 unspecified atom stereocenters. The zero-order valence-corrected chi connectivity index (χ0v) is 38.0. The van der Waals surface area contributed by atoms with Crippen molar-refractivity contribution in [2.45, 2.75) is 85.8 Å². The molecule has 0 atom stereocenters. The number of hydrogen-bond donors (Lipinski definition) is 1. The Bertz CT molecular complexity index is 3760. The molecule has 0 spiro atoms. The summed E-state index contributed by atoms with van der Waals surface area (Å²) in [6.45, 7) is 10.1. The van der Waals surface area contributed by atoms with Gasteiger partial charge in [0.05, 0.1) is 34.8 Å². The Morgan fingerprint density at radius 1 is 0.631 bits per heavy atom. The Balaban J connectivity index is 1.43. The molecule has 0 amide bonds. The molecular formula is C61H59N3O. The van der Waals surface area contributed by atoms with Crippen LogP contribution in [0, 0.1) is 13.7 Å². The van der Waals surface area contributed by atoms with Gasteiger partial charge in [0.25, 0.3) is 0 Å². The summed E-state index contributed by atoms with van der Waals surface area (Å²) in [5, 5.41) is 12.6. The number of rotatable bonds is 8. The minimum atomic E-state index is -3.14. The molecule has 65 heavy (non-hydrogen) atoms. The Kier molecular flexibility index (Phi) is 8.01. The predicted molar refractivity (Wildman–Crippen MR) is 274 cm³/mol. The first kappa shape index (κ1) is 30.9. The maximum atomic E-state index is 12.6. The van der Waals surface area contributed by atoms with E-state index >= 15 is 0 Å². The van der Waals surface area contributed by atoms with E-state index in [-0.39, 0.29) is 22.4 Å². The van der Waals surface area contributed by atoms with Crippen LogP contribution >= 0.6 is 0 Å². The molecule has 324 valence electrons. The van der Waals surface area contributed by atoms with Crippen LogP contribution in [-0.2, 0) is 10.8 Å². The number of imidazole rings is 1. The van der Waals surface area contributed by atoms with E-state index < -0.39 is 77.5 Å². The summed E-state index contributed by atoms with van der Waals surface area (Å²) in [5.74, 6) is -0.444. The third kappa shape index (κ3) is 8.19. The Morgan fingerprint density at radius 3 is 1.98 bits per heavy atom. The number of phenolic OH excluding ortho intramolecular Hbond substituents is 1. The lowest BCUT2D eigenvalue weighted by Crippen LogP contribution is -2.17. The smallest absolute Gasteiger partial charge is 0.149 e. The molecule has 9 rings (SSSR count). The number of pyridine rings is 1. The summed E-state index contributed by atoms with van der Waals surface area (Å²) >= 11 is 0. The molecule has 0 fully saturated rings. The number of hydrogen-bond acceptors (Lipinski definition) is 3. The summed E-state index contributed by atoms with van der Waals surface area (Å²) in [6, 6.07) is 36.8. The van der Waals surface area contributed by atoms with Crippen LogP contribution in [0.25, 0.3) is 83.9 Å². The lowest BCUT2D eigenvalue weighted by Gasteiger charge is -2.27. The van der Waals surface area contributed by atoms with Crippen molar-refractivity contribution in [1.29, 1.82) is 0 Å². The van der Waals surface area contributed by atoms with Crippen molar-refractivity contribution in [2.75, 3.05) is 0 Å². The molecule has 0 aliphatic carbocycles. The van der Waals surface area contributed by atoms with E-state index in [0.717, 1.165) is 45.3 Å². The van der Waals surface area contributed by atoms with Crippen LogP contribution in [0.2, 0.25) is 0 Å². The van der Waals surface area contributed by atoms with Crippen molar-refractivity contribution in [3.63, 3.8) is 0 Å². The molecule has 0 saturated carbocycles. The van der Waals surface area contributed by atoms with Crippen molar-refractivity contribution in [3.05, 3.63) is 192 Å². The van der Waals surface area contributed by atoms with Gasteiger partial charge in [-0.2, -0.15) is 0 Å². The summed E-state index contributed by atoms with van der Waals surface area (Å²) in [6.07, 6.45) is 1.01. The highest BCUT2D eigenvalue weighted by molar-refractivity contribution is 5.99. The van der Waals surface area contributed by atoms with Gasteiger partial charge in [0.1, 0.15) is 11.6 Å². The van der Waals surface area contributed by atoms with Gasteiger partial charge in [-0.3, -0.25) is 9.55 Å². The topological polar surface area (TPSA) is 50.9 Å². The Morgan fingerprint density at radius 2 is 1.32 bits per heavy atom. The second kappa shape index (κ2) is 16.8. The largest absolute Gasteiger partial charge is 0.507 e. The van der Waals surface area contributed by atoms with Crippen molar-refractivity contribution in [3.8, 4) is 78.6 Å².